The van der Waals surface area contributed by atoms with Gasteiger partial charge in [0.15, 0.2) is 0 Å². The molecule has 0 saturated carbocycles. The Labute approximate surface area is 183 Å². The van der Waals surface area contributed by atoms with Crippen LogP contribution in [0.3, 0.4) is 0 Å². The fourth-order valence-corrected chi connectivity index (χ4v) is 3.97. The molecule has 5 N–H and O–H groups in total. The van der Waals surface area contributed by atoms with Gasteiger partial charge in [0.25, 0.3) is 0 Å². The highest BCUT2D eigenvalue weighted by atomic mass is 35.5. The van der Waals surface area contributed by atoms with Crippen molar-refractivity contribution in [2.75, 3.05) is 37.2 Å². The van der Waals surface area contributed by atoms with Gasteiger partial charge < -0.3 is 16.4 Å². The number of nitrogens with zero attached hydrogens (tertiary/aromatic N) is 2. The molecule has 3 rings (SSSR count). The minimum Gasteiger partial charge on any atom is -0.399 e. The molecule has 0 aromatic heterocycles. The minimum absolute atomic E-state index is 0.514. The van der Waals surface area contributed by atoms with Crippen LogP contribution in [0.4, 0.5) is 17.1 Å². The molecule has 2 aromatic carbocycles. The number of rotatable bonds is 8. The van der Waals surface area contributed by atoms with Crippen molar-refractivity contribution in [1.29, 1.82) is 5.26 Å². The highest BCUT2D eigenvalue weighted by Gasteiger charge is 2.15. The van der Waals surface area contributed by atoms with Gasteiger partial charge in [-0.1, -0.05) is 30.7 Å². The molecule has 0 amide bonds. The fraction of sp³-hybridized carbons (Fsp3) is 0.292. The van der Waals surface area contributed by atoms with Gasteiger partial charge in [-0.25, -0.2) is 0 Å². The Kier molecular flexibility index (Phi) is 7.92. The maximum Gasteiger partial charge on any atom is 0.140 e. The third kappa shape index (κ3) is 6.11. The van der Waals surface area contributed by atoms with Crippen LogP contribution in [-0.4, -0.2) is 31.1 Å². The maximum absolute atomic E-state index is 9.23. The van der Waals surface area contributed by atoms with Crippen molar-refractivity contribution in [3.63, 3.8) is 0 Å². The molecule has 0 unspecified atom stereocenters. The number of anilines is 2. The number of hydrogen-bond donors (Lipinski definition) is 3. The Morgan fingerprint density at radius 3 is 2.77 bits per heavy atom. The lowest BCUT2D eigenvalue weighted by Gasteiger charge is -2.25. The number of hydrogen-bond acceptors (Lipinski definition) is 4. The summed E-state index contributed by atoms with van der Waals surface area (Å²) >= 11 is 6.30. The molecular formula is C24H29ClN5+. The van der Waals surface area contributed by atoms with Gasteiger partial charge in [-0.05, 0) is 62.3 Å². The fourth-order valence-electron chi connectivity index (χ4n) is 3.79. The van der Waals surface area contributed by atoms with E-state index in [1.165, 1.54) is 32.4 Å². The molecule has 1 fully saturated rings. The summed E-state index contributed by atoms with van der Waals surface area (Å²) < 4.78 is 0. The zero-order valence-corrected chi connectivity index (χ0v) is 18.0. The molecule has 5 nitrogen and oxygen atoms in total. The summed E-state index contributed by atoms with van der Waals surface area (Å²) in [6.07, 6.45) is 7.59. The first-order chi connectivity index (χ1) is 14.6. The molecule has 0 radical (unpaired) electrons. The first-order valence-corrected chi connectivity index (χ1v) is 10.7. The molecular weight excluding hydrogens is 394 g/mol. The average Bonchev–Trinajstić information content (AvgIpc) is 2.74. The van der Waals surface area contributed by atoms with Crippen LogP contribution < -0.4 is 16.4 Å². The first-order valence-electron chi connectivity index (χ1n) is 10.3. The summed E-state index contributed by atoms with van der Waals surface area (Å²) in [7, 11) is 0. The Hall–Kier alpha value is -2.78. The van der Waals surface area contributed by atoms with E-state index in [2.05, 4.69) is 28.2 Å². The van der Waals surface area contributed by atoms with Crippen LogP contribution >= 0.6 is 11.6 Å². The monoisotopic (exact) mass is 422 g/mol. The standard InChI is InChI=1S/C24H28ClN5/c1-2-6-23(29-21-14-18(17-26)13-20(27)16-21)22-8-7-19(25)15-24(22)28-9-12-30-10-4-3-5-11-30/h2,6-8,13-16,28-29H,1,3-5,9-12,27H2/p+1/b23-6+. The molecule has 1 aliphatic rings. The number of allylic oxidation sites excluding steroid dienone is 2. The smallest absolute Gasteiger partial charge is 0.140 e. The summed E-state index contributed by atoms with van der Waals surface area (Å²) in [5, 5.41) is 15.6. The van der Waals surface area contributed by atoms with Gasteiger partial charge in [0.1, 0.15) is 5.69 Å². The SMILES string of the molecule is C=C/C=C(/Nc1cc(N)cc(C#N)c1)c1ccc(Cl)cc1[NH2+]CCN1CCCCC1. The molecule has 0 atom stereocenters. The largest absolute Gasteiger partial charge is 0.399 e. The van der Waals surface area contributed by atoms with Crippen LogP contribution in [-0.2, 0) is 0 Å². The zero-order valence-electron chi connectivity index (χ0n) is 17.2. The number of nitrogen functional groups attached to an aromatic ring is 1. The quantitative estimate of drug-likeness (QED) is 0.441. The maximum atomic E-state index is 9.23. The lowest BCUT2D eigenvalue weighted by molar-refractivity contribution is -0.571. The molecule has 1 saturated heterocycles. The molecule has 6 heteroatoms. The van der Waals surface area contributed by atoms with Crippen molar-refractivity contribution >= 4 is 34.4 Å². The lowest BCUT2D eigenvalue weighted by Crippen LogP contribution is -2.80. The van der Waals surface area contributed by atoms with Crippen molar-refractivity contribution in [2.24, 2.45) is 0 Å². The molecule has 30 heavy (non-hydrogen) atoms. The number of piperidine rings is 1. The number of nitrogens with two attached hydrogens (primary N) is 2. The highest BCUT2D eigenvalue weighted by molar-refractivity contribution is 6.30. The van der Waals surface area contributed by atoms with E-state index in [0.29, 0.717) is 16.3 Å². The van der Waals surface area contributed by atoms with Crippen LogP contribution in [0.15, 0.2) is 55.1 Å². The molecule has 0 spiro atoms. The second-order valence-corrected chi connectivity index (χ2v) is 7.96. The van der Waals surface area contributed by atoms with Crippen LogP contribution in [0.2, 0.25) is 5.02 Å². The number of likely N-dealkylation sites (tertiary alicyclic amines) is 1. The second-order valence-electron chi connectivity index (χ2n) is 7.52. The summed E-state index contributed by atoms with van der Waals surface area (Å²) in [6, 6.07) is 13.3. The molecule has 1 aliphatic heterocycles. The third-order valence-corrected chi connectivity index (χ3v) is 5.45. The Morgan fingerprint density at radius 2 is 2.03 bits per heavy atom. The van der Waals surface area contributed by atoms with Crippen molar-refractivity contribution in [3.05, 3.63) is 71.3 Å². The van der Waals surface area contributed by atoms with E-state index in [9.17, 15) is 5.26 Å². The summed E-state index contributed by atoms with van der Waals surface area (Å²) in [4.78, 5) is 2.53. The normalized spacial score (nSPS) is 14.9. The minimum atomic E-state index is 0.514. The average molecular weight is 423 g/mol. The second kappa shape index (κ2) is 10.8. The lowest BCUT2D eigenvalue weighted by atomic mass is 10.1. The molecule has 2 aromatic rings. The number of halogens is 1. The number of benzene rings is 2. The van der Waals surface area contributed by atoms with Crippen molar-refractivity contribution in [2.45, 2.75) is 19.3 Å². The van der Waals surface area contributed by atoms with Gasteiger partial charge in [-0.3, -0.25) is 4.90 Å². The van der Waals surface area contributed by atoms with Crippen LogP contribution in [0.1, 0.15) is 30.4 Å². The van der Waals surface area contributed by atoms with Gasteiger partial charge >= 0.3 is 0 Å². The van der Waals surface area contributed by atoms with Gasteiger partial charge in [-0.15, -0.1) is 0 Å². The van der Waals surface area contributed by atoms with E-state index in [4.69, 9.17) is 17.3 Å². The molecule has 0 aliphatic carbocycles. The predicted molar refractivity (Wildman–Crippen MR) is 126 cm³/mol. The van der Waals surface area contributed by atoms with Gasteiger partial charge in [0, 0.05) is 29.0 Å². The van der Waals surface area contributed by atoms with E-state index in [-0.39, 0.29) is 0 Å². The van der Waals surface area contributed by atoms with Gasteiger partial charge in [0.05, 0.1) is 29.4 Å². The van der Waals surface area contributed by atoms with Crippen molar-refractivity contribution in [3.8, 4) is 6.07 Å². The zero-order chi connectivity index (χ0) is 21.3. The van der Waals surface area contributed by atoms with Crippen LogP contribution in [0, 0.1) is 11.3 Å². The topological polar surface area (TPSA) is 81.7 Å². The Bertz CT molecular complexity index is 955. The number of nitrogens with one attached hydrogen (secondary N) is 1. The Balaban J connectivity index is 1.80. The van der Waals surface area contributed by atoms with Crippen molar-refractivity contribution < 1.29 is 5.32 Å². The third-order valence-electron chi connectivity index (χ3n) is 5.21. The summed E-state index contributed by atoms with van der Waals surface area (Å²) in [5.41, 5.74) is 10.7. The van der Waals surface area contributed by atoms with Crippen LogP contribution in [0.5, 0.6) is 0 Å². The van der Waals surface area contributed by atoms with E-state index < -0.39 is 0 Å². The summed E-state index contributed by atoms with van der Waals surface area (Å²) in [6.45, 7) is 8.25. The van der Waals surface area contributed by atoms with E-state index in [0.717, 1.165) is 35.7 Å². The van der Waals surface area contributed by atoms with Crippen LogP contribution in [0.25, 0.3) is 5.70 Å². The number of nitriles is 1. The highest BCUT2D eigenvalue weighted by Crippen LogP contribution is 2.27. The van der Waals surface area contributed by atoms with E-state index in [1.54, 1.807) is 18.2 Å². The van der Waals surface area contributed by atoms with Gasteiger partial charge in [0.2, 0.25) is 0 Å². The molecule has 156 valence electrons. The van der Waals surface area contributed by atoms with Crippen molar-refractivity contribution in [1.82, 2.24) is 4.90 Å². The number of quaternary nitrogens is 1. The summed E-state index contributed by atoms with van der Waals surface area (Å²) in [5.74, 6) is 0. The van der Waals surface area contributed by atoms with E-state index >= 15 is 0 Å². The van der Waals surface area contributed by atoms with Gasteiger partial charge in [-0.2, -0.15) is 5.26 Å². The first kappa shape index (κ1) is 21.9. The predicted octanol–water partition coefficient (Wildman–Crippen LogP) is 4.11. The molecule has 0 bridgehead atoms. The molecule has 1 heterocycles. The Morgan fingerprint density at radius 1 is 1.23 bits per heavy atom. The van der Waals surface area contributed by atoms with E-state index in [1.807, 2.05) is 30.3 Å².